The van der Waals surface area contributed by atoms with Gasteiger partial charge in [-0.3, -0.25) is 4.79 Å². The molecule has 1 fully saturated rings. The van der Waals surface area contributed by atoms with Gasteiger partial charge in [0.1, 0.15) is 5.76 Å². The van der Waals surface area contributed by atoms with E-state index in [0.29, 0.717) is 34.1 Å². The van der Waals surface area contributed by atoms with Crippen LogP contribution in [0.2, 0.25) is 5.02 Å². The van der Waals surface area contributed by atoms with Crippen molar-refractivity contribution in [3.8, 4) is 11.3 Å². The van der Waals surface area contributed by atoms with Crippen LogP contribution in [0.5, 0.6) is 0 Å². The van der Waals surface area contributed by atoms with Crippen LogP contribution in [-0.4, -0.2) is 23.9 Å². The predicted molar refractivity (Wildman–Crippen MR) is 92.4 cm³/mol. The third kappa shape index (κ3) is 3.37. The summed E-state index contributed by atoms with van der Waals surface area (Å²) in [5.41, 5.74) is 7.04. The molecule has 2 aromatic rings. The molecule has 2 atom stereocenters. The van der Waals surface area contributed by atoms with E-state index in [2.05, 4.69) is 13.8 Å². The molecule has 1 aliphatic heterocycles. The second kappa shape index (κ2) is 6.28. The molecule has 1 saturated heterocycles. The van der Waals surface area contributed by atoms with Crippen molar-refractivity contribution in [1.29, 1.82) is 0 Å². The molecule has 1 aromatic carbocycles. The maximum absolute atomic E-state index is 12.7. The average Bonchev–Trinajstić information content (AvgIpc) is 2.95. The van der Waals surface area contributed by atoms with Crippen molar-refractivity contribution in [2.75, 3.05) is 18.8 Å². The van der Waals surface area contributed by atoms with E-state index in [4.69, 9.17) is 21.8 Å². The molecule has 1 aromatic heterocycles. The van der Waals surface area contributed by atoms with Crippen molar-refractivity contribution in [1.82, 2.24) is 4.90 Å². The number of furan rings is 1. The van der Waals surface area contributed by atoms with Crippen molar-refractivity contribution >= 4 is 23.2 Å². The van der Waals surface area contributed by atoms with Gasteiger partial charge < -0.3 is 15.1 Å². The van der Waals surface area contributed by atoms with Crippen molar-refractivity contribution in [2.24, 2.45) is 11.8 Å². The van der Waals surface area contributed by atoms with E-state index in [1.54, 1.807) is 30.3 Å². The molecule has 3 rings (SSSR count). The standard InChI is InChI=1S/C18H21ClN2O2/c1-11-7-12(2)10-21(9-11)18(22)17-6-5-16(23-17)14-4-3-13(20)8-15(14)19/h3-6,8,11-12H,7,9-10,20H2,1-2H3/t11-,12-/m1/s1. The number of nitrogen functional groups attached to an aromatic ring is 1. The highest BCUT2D eigenvalue weighted by molar-refractivity contribution is 6.33. The molecule has 2 N–H and O–H groups in total. The van der Waals surface area contributed by atoms with Gasteiger partial charge in [0, 0.05) is 24.3 Å². The van der Waals surface area contributed by atoms with Crippen LogP contribution in [0.1, 0.15) is 30.8 Å². The highest BCUT2D eigenvalue weighted by atomic mass is 35.5. The second-order valence-electron chi connectivity index (χ2n) is 6.56. The minimum atomic E-state index is -0.0544. The summed E-state index contributed by atoms with van der Waals surface area (Å²) in [6, 6.07) is 8.74. The lowest BCUT2D eigenvalue weighted by molar-refractivity contribution is 0.0592. The van der Waals surface area contributed by atoms with Gasteiger partial charge in [0.15, 0.2) is 5.76 Å². The van der Waals surface area contributed by atoms with Gasteiger partial charge >= 0.3 is 0 Å². The lowest BCUT2D eigenvalue weighted by Crippen LogP contribution is -2.42. The van der Waals surface area contributed by atoms with Crippen LogP contribution >= 0.6 is 11.6 Å². The summed E-state index contributed by atoms with van der Waals surface area (Å²) < 4.78 is 5.76. The molecule has 1 aliphatic rings. The molecule has 2 heterocycles. The first-order valence-corrected chi connectivity index (χ1v) is 8.26. The highest BCUT2D eigenvalue weighted by Crippen LogP contribution is 2.31. The normalized spacial score (nSPS) is 21.4. The number of amides is 1. The van der Waals surface area contributed by atoms with E-state index < -0.39 is 0 Å². The topological polar surface area (TPSA) is 59.5 Å². The van der Waals surface area contributed by atoms with Crippen LogP contribution in [0.15, 0.2) is 34.7 Å². The van der Waals surface area contributed by atoms with Crippen LogP contribution in [-0.2, 0) is 0 Å². The van der Waals surface area contributed by atoms with Crippen molar-refractivity contribution in [3.63, 3.8) is 0 Å². The fourth-order valence-electron chi connectivity index (χ4n) is 3.31. The smallest absolute Gasteiger partial charge is 0.289 e. The predicted octanol–water partition coefficient (Wildman–Crippen LogP) is 4.30. The van der Waals surface area contributed by atoms with E-state index in [1.165, 1.54) is 0 Å². The lowest BCUT2D eigenvalue weighted by atomic mass is 9.92. The number of carbonyl (C=O) groups is 1. The van der Waals surface area contributed by atoms with Crippen LogP contribution in [0, 0.1) is 11.8 Å². The molecule has 0 radical (unpaired) electrons. The number of hydrogen-bond donors (Lipinski definition) is 1. The molecule has 1 amide bonds. The Kier molecular flexibility index (Phi) is 4.35. The van der Waals surface area contributed by atoms with Gasteiger partial charge in [-0.05, 0) is 48.6 Å². The van der Waals surface area contributed by atoms with Gasteiger partial charge in [-0.1, -0.05) is 25.4 Å². The summed E-state index contributed by atoms with van der Waals surface area (Å²) in [4.78, 5) is 14.5. The Balaban J connectivity index is 1.82. The average molecular weight is 333 g/mol. The molecule has 0 unspecified atom stereocenters. The Morgan fingerprint density at radius 2 is 1.91 bits per heavy atom. The third-order valence-corrected chi connectivity index (χ3v) is 4.54. The van der Waals surface area contributed by atoms with Crippen LogP contribution < -0.4 is 5.73 Å². The van der Waals surface area contributed by atoms with Gasteiger partial charge in [-0.2, -0.15) is 0 Å². The Bertz CT molecular complexity index is 716. The molecular weight excluding hydrogens is 312 g/mol. The highest BCUT2D eigenvalue weighted by Gasteiger charge is 2.28. The van der Waals surface area contributed by atoms with Crippen LogP contribution in [0.4, 0.5) is 5.69 Å². The van der Waals surface area contributed by atoms with E-state index in [-0.39, 0.29) is 5.91 Å². The fraction of sp³-hybridized carbons (Fsp3) is 0.389. The first-order chi connectivity index (χ1) is 10.9. The van der Waals surface area contributed by atoms with Crippen LogP contribution in [0.25, 0.3) is 11.3 Å². The molecule has 0 bridgehead atoms. The number of carbonyl (C=O) groups excluding carboxylic acids is 1. The number of likely N-dealkylation sites (tertiary alicyclic amines) is 1. The summed E-state index contributed by atoms with van der Waals surface area (Å²) in [5, 5.41) is 0.513. The summed E-state index contributed by atoms with van der Waals surface area (Å²) in [5.74, 6) is 1.92. The van der Waals surface area contributed by atoms with E-state index in [0.717, 1.165) is 25.1 Å². The lowest BCUT2D eigenvalue weighted by Gasteiger charge is -2.34. The number of anilines is 1. The number of halogens is 1. The second-order valence-corrected chi connectivity index (χ2v) is 6.97. The van der Waals surface area contributed by atoms with Crippen molar-refractivity contribution in [2.45, 2.75) is 20.3 Å². The zero-order valence-corrected chi connectivity index (χ0v) is 14.1. The van der Waals surface area contributed by atoms with Gasteiger partial charge in [0.05, 0.1) is 5.02 Å². The molecule has 0 aliphatic carbocycles. The molecular formula is C18H21ClN2O2. The largest absolute Gasteiger partial charge is 0.451 e. The van der Waals surface area contributed by atoms with E-state index >= 15 is 0 Å². The van der Waals surface area contributed by atoms with Gasteiger partial charge in [0.2, 0.25) is 0 Å². The number of benzene rings is 1. The monoisotopic (exact) mass is 332 g/mol. The minimum absolute atomic E-state index is 0.0544. The summed E-state index contributed by atoms with van der Waals surface area (Å²) >= 11 is 6.20. The molecule has 0 spiro atoms. The first kappa shape index (κ1) is 15.9. The molecule has 4 nitrogen and oxygen atoms in total. The minimum Gasteiger partial charge on any atom is -0.451 e. The zero-order valence-electron chi connectivity index (χ0n) is 13.4. The molecule has 5 heteroatoms. The Hall–Kier alpha value is -1.94. The Labute approximate surface area is 141 Å². The quantitative estimate of drug-likeness (QED) is 0.834. The van der Waals surface area contributed by atoms with E-state index in [1.807, 2.05) is 4.90 Å². The van der Waals surface area contributed by atoms with Crippen molar-refractivity contribution in [3.05, 3.63) is 41.1 Å². The Morgan fingerprint density at radius 3 is 2.57 bits per heavy atom. The maximum Gasteiger partial charge on any atom is 0.289 e. The molecule has 0 saturated carbocycles. The Morgan fingerprint density at radius 1 is 1.22 bits per heavy atom. The first-order valence-electron chi connectivity index (χ1n) is 7.88. The third-order valence-electron chi connectivity index (χ3n) is 4.23. The number of piperidine rings is 1. The summed E-state index contributed by atoms with van der Waals surface area (Å²) in [6.45, 7) is 5.92. The number of nitrogens with zero attached hydrogens (tertiary/aromatic N) is 1. The summed E-state index contributed by atoms with van der Waals surface area (Å²) in [7, 11) is 0. The fourth-order valence-corrected chi connectivity index (χ4v) is 3.60. The zero-order chi connectivity index (χ0) is 16.6. The summed E-state index contributed by atoms with van der Waals surface area (Å²) in [6.07, 6.45) is 1.16. The van der Waals surface area contributed by atoms with Gasteiger partial charge in [-0.25, -0.2) is 0 Å². The number of nitrogens with two attached hydrogens (primary N) is 1. The van der Waals surface area contributed by atoms with E-state index in [9.17, 15) is 4.79 Å². The van der Waals surface area contributed by atoms with Gasteiger partial charge in [0.25, 0.3) is 5.91 Å². The van der Waals surface area contributed by atoms with Gasteiger partial charge in [-0.15, -0.1) is 0 Å². The molecule has 23 heavy (non-hydrogen) atoms. The van der Waals surface area contributed by atoms with Crippen LogP contribution in [0.3, 0.4) is 0 Å². The maximum atomic E-state index is 12.7. The molecule has 122 valence electrons. The van der Waals surface area contributed by atoms with Crippen molar-refractivity contribution < 1.29 is 9.21 Å². The SMILES string of the molecule is C[C@@H]1C[C@@H](C)CN(C(=O)c2ccc(-c3ccc(N)cc3Cl)o2)C1. The number of hydrogen-bond acceptors (Lipinski definition) is 3. The number of rotatable bonds is 2.